The molecule has 0 aliphatic carbocycles. The van der Waals surface area contributed by atoms with Crippen molar-refractivity contribution in [3.8, 4) is 0 Å². The molecule has 0 fully saturated rings. The average Bonchev–Trinajstić information content (AvgIpc) is 1.99. The van der Waals surface area contributed by atoms with Crippen molar-refractivity contribution in [3.05, 3.63) is 0 Å². The molecular formula is C9H19ClS. The fourth-order valence-corrected chi connectivity index (χ4v) is 1.63. The third kappa shape index (κ3) is 7.02. The molecule has 68 valence electrons. The van der Waals surface area contributed by atoms with Crippen LogP contribution in [0, 0.1) is 5.41 Å². The molecule has 0 unspecified atom stereocenters. The molecule has 0 N–H and O–H groups in total. The molecule has 0 aliphatic rings. The van der Waals surface area contributed by atoms with Crippen LogP contribution in [0.4, 0.5) is 0 Å². The molecule has 0 spiro atoms. The standard InChI is InChI=1S/C9H19ClS/c1-4-11-7-5-6-9(2,3)8-10/h4-8H2,1-3H3. The van der Waals surface area contributed by atoms with E-state index in [1.54, 1.807) is 0 Å². The van der Waals surface area contributed by atoms with E-state index in [-0.39, 0.29) is 0 Å². The maximum absolute atomic E-state index is 5.80. The molecule has 0 aromatic heterocycles. The number of halogens is 1. The van der Waals surface area contributed by atoms with E-state index in [1.165, 1.54) is 24.3 Å². The Hall–Kier alpha value is 0.640. The van der Waals surface area contributed by atoms with Crippen LogP contribution < -0.4 is 0 Å². The van der Waals surface area contributed by atoms with Gasteiger partial charge < -0.3 is 0 Å². The van der Waals surface area contributed by atoms with Crippen LogP contribution in [0.25, 0.3) is 0 Å². The average molecular weight is 195 g/mol. The maximum atomic E-state index is 5.80. The lowest BCUT2D eigenvalue weighted by molar-refractivity contribution is 0.381. The summed E-state index contributed by atoms with van der Waals surface area (Å²) in [7, 11) is 0. The smallest absolute Gasteiger partial charge is 0.0274 e. The van der Waals surface area contributed by atoms with E-state index < -0.39 is 0 Å². The van der Waals surface area contributed by atoms with Gasteiger partial charge in [-0.2, -0.15) is 11.8 Å². The second kappa shape index (κ2) is 6.19. The fourth-order valence-electron chi connectivity index (χ4n) is 0.864. The molecular weight excluding hydrogens is 176 g/mol. The zero-order valence-electron chi connectivity index (χ0n) is 7.82. The van der Waals surface area contributed by atoms with Gasteiger partial charge in [-0.05, 0) is 29.8 Å². The van der Waals surface area contributed by atoms with Crippen LogP contribution in [-0.2, 0) is 0 Å². The van der Waals surface area contributed by atoms with Crippen LogP contribution in [0.3, 0.4) is 0 Å². The summed E-state index contributed by atoms with van der Waals surface area (Å²) in [6.45, 7) is 6.67. The molecule has 0 aliphatic heterocycles. The van der Waals surface area contributed by atoms with Crippen molar-refractivity contribution >= 4 is 23.4 Å². The van der Waals surface area contributed by atoms with Crippen LogP contribution in [0.15, 0.2) is 0 Å². The molecule has 0 aromatic carbocycles. The Morgan fingerprint density at radius 3 is 2.45 bits per heavy atom. The Morgan fingerprint density at radius 1 is 1.36 bits per heavy atom. The van der Waals surface area contributed by atoms with E-state index in [4.69, 9.17) is 11.6 Å². The minimum atomic E-state index is 0.343. The molecule has 0 rings (SSSR count). The largest absolute Gasteiger partial charge is 0.162 e. The third-order valence-electron chi connectivity index (χ3n) is 1.71. The van der Waals surface area contributed by atoms with E-state index in [9.17, 15) is 0 Å². The van der Waals surface area contributed by atoms with Gasteiger partial charge in [0.2, 0.25) is 0 Å². The molecule has 0 heterocycles. The highest BCUT2D eigenvalue weighted by Crippen LogP contribution is 2.24. The second-order valence-electron chi connectivity index (χ2n) is 3.60. The Labute approximate surface area is 80.1 Å². The monoisotopic (exact) mass is 194 g/mol. The third-order valence-corrected chi connectivity index (χ3v) is 3.42. The molecule has 11 heavy (non-hydrogen) atoms. The van der Waals surface area contributed by atoms with Gasteiger partial charge in [0.1, 0.15) is 0 Å². The molecule has 0 saturated carbocycles. The lowest BCUT2D eigenvalue weighted by Crippen LogP contribution is -2.13. The summed E-state index contributed by atoms with van der Waals surface area (Å²) in [6.07, 6.45) is 2.56. The molecule has 2 heteroatoms. The first kappa shape index (κ1) is 11.6. The van der Waals surface area contributed by atoms with E-state index >= 15 is 0 Å². The predicted molar refractivity (Wildman–Crippen MR) is 56.7 cm³/mol. The number of alkyl halides is 1. The minimum absolute atomic E-state index is 0.343. The SMILES string of the molecule is CCSCCCC(C)(C)CCl. The highest BCUT2D eigenvalue weighted by atomic mass is 35.5. The molecule has 0 amide bonds. The van der Waals surface area contributed by atoms with Gasteiger partial charge in [-0.1, -0.05) is 20.8 Å². The van der Waals surface area contributed by atoms with Gasteiger partial charge in [-0.25, -0.2) is 0 Å². The zero-order valence-corrected chi connectivity index (χ0v) is 9.39. The molecule has 0 radical (unpaired) electrons. The molecule has 0 saturated heterocycles. The van der Waals surface area contributed by atoms with Crippen molar-refractivity contribution in [1.29, 1.82) is 0 Å². The van der Waals surface area contributed by atoms with Crippen LogP contribution in [0.5, 0.6) is 0 Å². The zero-order chi connectivity index (χ0) is 8.74. The lowest BCUT2D eigenvalue weighted by Gasteiger charge is -2.20. The van der Waals surface area contributed by atoms with Crippen molar-refractivity contribution in [1.82, 2.24) is 0 Å². The lowest BCUT2D eigenvalue weighted by atomic mass is 9.91. The maximum Gasteiger partial charge on any atom is 0.0274 e. The summed E-state index contributed by atoms with van der Waals surface area (Å²) < 4.78 is 0. The Balaban J connectivity index is 3.23. The Morgan fingerprint density at radius 2 is 2.00 bits per heavy atom. The second-order valence-corrected chi connectivity index (χ2v) is 5.26. The first-order valence-electron chi connectivity index (χ1n) is 4.26. The van der Waals surface area contributed by atoms with Gasteiger partial charge in [0.25, 0.3) is 0 Å². The van der Waals surface area contributed by atoms with Crippen LogP contribution in [-0.4, -0.2) is 17.4 Å². The van der Waals surface area contributed by atoms with Crippen molar-refractivity contribution in [2.45, 2.75) is 33.6 Å². The van der Waals surface area contributed by atoms with E-state index in [1.807, 2.05) is 11.8 Å². The molecule has 0 aromatic rings. The fraction of sp³-hybridized carbons (Fsp3) is 1.00. The molecule has 0 nitrogen and oxygen atoms in total. The predicted octanol–water partition coefficient (Wildman–Crippen LogP) is 3.78. The summed E-state index contributed by atoms with van der Waals surface area (Å²) >= 11 is 7.82. The summed E-state index contributed by atoms with van der Waals surface area (Å²) in [4.78, 5) is 0. The van der Waals surface area contributed by atoms with E-state index in [0.717, 1.165) is 5.88 Å². The van der Waals surface area contributed by atoms with Crippen molar-refractivity contribution in [3.63, 3.8) is 0 Å². The summed E-state index contributed by atoms with van der Waals surface area (Å²) in [5, 5.41) is 0. The van der Waals surface area contributed by atoms with E-state index in [2.05, 4.69) is 20.8 Å². The minimum Gasteiger partial charge on any atom is -0.162 e. The number of thioether (sulfide) groups is 1. The Kier molecular flexibility index (Phi) is 6.55. The van der Waals surface area contributed by atoms with Gasteiger partial charge in [0, 0.05) is 5.88 Å². The van der Waals surface area contributed by atoms with Gasteiger partial charge in [-0.15, -0.1) is 11.6 Å². The van der Waals surface area contributed by atoms with Crippen LogP contribution in [0.2, 0.25) is 0 Å². The van der Waals surface area contributed by atoms with Gasteiger partial charge in [0.05, 0.1) is 0 Å². The first-order valence-corrected chi connectivity index (χ1v) is 5.95. The van der Waals surface area contributed by atoms with Gasteiger partial charge in [0.15, 0.2) is 0 Å². The number of rotatable bonds is 6. The van der Waals surface area contributed by atoms with E-state index in [0.29, 0.717) is 5.41 Å². The highest BCUT2D eigenvalue weighted by molar-refractivity contribution is 7.99. The molecule has 0 bridgehead atoms. The highest BCUT2D eigenvalue weighted by Gasteiger charge is 2.14. The Bertz CT molecular complexity index is 91.6. The normalized spacial score (nSPS) is 12.0. The van der Waals surface area contributed by atoms with Crippen LogP contribution >= 0.6 is 23.4 Å². The van der Waals surface area contributed by atoms with Crippen molar-refractivity contribution < 1.29 is 0 Å². The van der Waals surface area contributed by atoms with Gasteiger partial charge in [-0.3, -0.25) is 0 Å². The molecule has 0 atom stereocenters. The van der Waals surface area contributed by atoms with Crippen molar-refractivity contribution in [2.75, 3.05) is 17.4 Å². The van der Waals surface area contributed by atoms with Crippen molar-refractivity contribution in [2.24, 2.45) is 5.41 Å². The quantitative estimate of drug-likeness (QED) is 0.458. The topological polar surface area (TPSA) is 0 Å². The summed E-state index contributed by atoms with van der Waals surface area (Å²) in [5.41, 5.74) is 0.343. The van der Waals surface area contributed by atoms with Crippen LogP contribution in [0.1, 0.15) is 33.6 Å². The first-order chi connectivity index (χ1) is 5.12. The number of hydrogen-bond acceptors (Lipinski definition) is 1. The number of hydrogen-bond donors (Lipinski definition) is 0. The summed E-state index contributed by atoms with van der Waals surface area (Å²) in [6, 6.07) is 0. The van der Waals surface area contributed by atoms with Gasteiger partial charge >= 0.3 is 0 Å². The summed E-state index contributed by atoms with van der Waals surface area (Å²) in [5.74, 6) is 3.31.